The van der Waals surface area contributed by atoms with Crippen LogP contribution in [0, 0.1) is 0 Å². The predicted octanol–water partition coefficient (Wildman–Crippen LogP) is 2.14. The Balaban J connectivity index is 1.36. The van der Waals surface area contributed by atoms with Gasteiger partial charge in [0.15, 0.2) is 11.5 Å². The van der Waals surface area contributed by atoms with Gasteiger partial charge < -0.3 is 34.1 Å². The van der Waals surface area contributed by atoms with Crippen molar-refractivity contribution in [1.82, 2.24) is 0 Å². The van der Waals surface area contributed by atoms with E-state index in [-0.39, 0.29) is 12.5 Å². The molecule has 2 saturated heterocycles. The number of anilines is 3. The summed E-state index contributed by atoms with van der Waals surface area (Å²) in [5.74, 6) is 1.03. The lowest BCUT2D eigenvalue weighted by Gasteiger charge is -2.34. The van der Waals surface area contributed by atoms with Crippen LogP contribution in [0.15, 0.2) is 42.5 Å². The summed E-state index contributed by atoms with van der Waals surface area (Å²) >= 11 is 0. The number of rotatable bonds is 4. The molecule has 5 rings (SSSR count). The molecule has 0 bridgehead atoms. The number of fused-ring (bicyclic) bond motifs is 1. The number of carbonyl (C=O) groups excluding carboxylic acids is 1. The highest BCUT2D eigenvalue weighted by Gasteiger charge is 2.28. The number of hydrogen-bond donors (Lipinski definition) is 1. The first kappa shape index (κ1) is 20.0. The molecule has 164 valence electrons. The maximum atomic E-state index is 13.0. The molecule has 1 amide bonds. The highest BCUT2D eigenvalue weighted by Crippen LogP contribution is 2.34. The van der Waals surface area contributed by atoms with E-state index in [1.807, 2.05) is 30.3 Å². The number of nitrogens with one attached hydrogen (secondary N) is 1. The van der Waals surface area contributed by atoms with Crippen LogP contribution in [-0.4, -0.2) is 71.2 Å². The number of morpholine rings is 2. The van der Waals surface area contributed by atoms with Gasteiger partial charge in [0.2, 0.25) is 6.10 Å². The van der Waals surface area contributed by atoms with Crippen LogP contribution >= 0.6 is 0 Å². The van der Waals surface area contributed by atoms with Gasteiger partial charge in [-0.1, -0.05) is 12.1 Å². The van der Waals surface area contributed by atoms with Gasteiger partial charge in [-0.05, 0) is 30.3 Å². The lowest BCUT2D eigenvalue weighted by molar-refractivity contribution is -0.125. The number of ether oxygens (including phenoxy) is 4. The van der Waals surface area contributed by atoms with Crippen LogP contribution in [0.2, 0.25) is 0 Å². The van der Waals surface area contributed by atoms with Crippen molar-refractivity contribution in [2.75, 3.05) is 74.3 Å². The SMILES string of the molecule is O=C(Nc1ccc(N2CCOCC2)cc1N1CCOCC1)[C@@H]1COc2ccccc2O1. The number of benzene rings is 2. The Labute approximate surface area is 181 Å². The number of amides is 1. The molecule has 0 unspecified atom stereocenters. The van der Waals surface area contributed by atoms with E-state index in [9.17, 15) is 4.79 Å². The predicted molar refractivity (Wildman–Crippen MR) is 117 cm³/mol. The second-order valence-electron chi connectivity index (χ2n) is 7.75. The summed E-state index contributed by atoms with van der Waals surface area (Å²) < 4.78 is 22.6. The molecule has 0 spiro atoms. The van der Waals surface area contributed by atoms with Crippen molar-refractivity contribution in [3.05, 3.63) is 42.5 Å². The third-order valence-corrected chi connectivity index (χ3v) is 5.77. The monoisotopic (exact) mass is 425 g/mol. The average molecular weight is 425 g/mol. The Hall–Kier alpha value is -2.97. The maximum Gasteiger partial charge on any atom is 0.269 e. The van der Waals surface area contributed by atoms with Gasteiger partial charge in [0.25, 0.3) is 5.91 Å². The molecule has 31 heavy (non-hydrogen) atoms. The zero-order chi connectivity index (χ0) is 21.0. The molecule has 0 radical (unpaired) electrons. The van der Waals surface area contributed by atoms with E-state index < -0.39 is 6.10 Å². The van der Waals surface area contributed by atoms with Crippen LogP contribution in [0.4, 0.5) is 17.1 Å². The largest absolute Gasteiger partial charge is 0.485 e. The minimum absolute atomic E-state index is 0.182. The molecule has 2 fully saturated rings. The molecule has 3 heterocycles. The first-order valence-electron chi connectivity index (χ1n) is 10.8. The Morgan fingerprint density at radius 2 is 1.55 bits per heavy atom. The van der Waals surface area contributed by atoms with Crippen molar-refractivity contribution in [1.29, 1.82) is 0 Å². The van der Waals surface area contributed by atoms with Crippen molar-refractivity contribution < 1.29 is 23.7 Å². The fourth-order valence-corrected chi connectivity index (χ4v) is 4.07. The van der Waals surface area contributed by atoms with E-state index in [0.717, 1.165) is 56.5 Å². The topological polar surface area (TPSA) is 72.5 Å². The van der Waals surface area contributed by atoms with Gasteiger partial charge in [-0.2, -0.15) is 0 Å². The van der Waals surface area contributed by atoms with Gasteiger partial charge in [0.1, 0.15) is 6.61 Å². The second-order valence-corrected chi connectivity index (χ2v) is 7.75. The van der Waals surface area contributed by atoms with E-state index in [1.165, 1.54) is 0 Å². The number of carbonyl (C=O) groups is 1. The smallest absolute Gasteiger partial charge is 0.269 e. The van der Waals surface area contributed by atoms with Crippen LogP contribution in [0.1, 0.15) is 0 Å². The maximum absolute atomic E-state index is 13.0. The van der Waals surface area contributed by atoms with Gasteiger partial charge in [-0.3, -0.25) is 4.79 Å². The van der Waals surface area contributed by atoms with E-state index in [2.05, 4.69) is 27.2 Å². The van der Waals surface area contributed by atoms with Crippen molar-refractivity contribution in [2.24, 2.45) is 0 Å². The molecule has 8 heteroatoms. The van der Waals surface area contributed by atoms with E-state index in [0.29, 0.717) is 24.7 Å². The Morgan fingerprint density at radius 3 is 2.29 bits per heavy atom. The lowest BCUT2D eigenvalue weighted by atomic mass is 10.1. The third-order valence-electron chi connectivity index (χ3n) is 5.77. The normalized spacial score (nSPS) is 21.0. The molecule has 2 aromatic carbocycles. The first-order valence-corrected chi connectivity index (χ1v) is 10.8. The fourth-order valence-electron chi connectivity index (χ4n) is 4.07. The molecule has 0 saturated carbocycles. The highest BCUT2D eigenvalue weighted by atomic mass is 16.6. The molecule has 3 aliphatic heterocycles. The summed E-state index contributed by atoms with van der Waals surface area (Å²) in [6.45, 7) is 6.27. The quantitative estimate of drug-likeness (QED) is 0.805. The molecule has 1 N–H and O–H groups in total. The van der Waals surface area contributed by atoms with Crippen molar-refractivity contribution >= 4 is 23.0 Å². The summed E-state index contributed by atoms with van der Waals surface area (Å²) in [6.07, 6.45) is -0.702. The van der Waals surface area contributed by atoms with Gasteiger partial charge >= 0.3 is 0 Å². The van der Waals surface area contributed by atoms with Crippen molar-refractivity contribution in [3.8, 4) is 11.5 Å². The minimum atomic E-state index is -0.702. The molecule has 8 nitrogen and oxygen atoms in total. The molecular weight excluding hydrogens is 398 g/mol. The molecule has 3 aliphatic rings. The number of hydrogen-bond acceptors (Lipinski definition) is 7. The van der Waals surface area contributed by atoms with Crippen LogP contribution in [-0.2, 0) is 14.3 Å². The fraction of sp³-hybridized carbons (Fsp3) is 0.435. The van der Waals surface area contributed by atoms with E-state index in [1.54, 1.807) is 0 Å². The van der Waals surface area contributed by atoms with E-state index >= 15 is 0 Å². The Bertz CT molecular complexity index is 925. The van der Waals surface area contributed by atoms with Gasteiger partial charge in [0, 0.05) is 31.9 Å². The van der Waals surface area contributed by atoms with E-state index in [4.69, 9.17) is 18.9 Å². The van der Waals surface area contributed by atoms with Gasteiger partial charge in [-0.15, -0.1) is 0 Å². The Morgan fingerprint density at radius 1 is 0.871 bits per heavy atom. The molecule has 1 atom stereocenters. The second kappa shape index (κ2) is 9.03. The van der Waals surface area contributed by atoms with Gasteiger partial charge in [-0.25, -0.2) is 0 Å². The van der Waals surface area contributed by atoms with Crippen molar-refractivity contribution in [3.63, 3.8) is 0 Å². The Kier molecular flexibility index (Phi) is 5.82. The standard InChI is InChI=1S/C23H27N3O5/c27-23(22-16-30-20-3-1-2-4-21(20)31-22)24-18-6-5-17(25-7-11-28-12-8-25)15-19(18)26-9-13-29-14-10-26/h1-6,15,22H,7-14,16H2,(H,24,27)/t22-/m0/s1. The molecule has 0 aliphatic carbocycles. The average Bonchev–Trinajstić information content (AvgIpc) is 2.85. The van der Waals surface area contributed by atoms with Crippen molar-refractivity contribution in [2.45, 2.75) is 6.10 Å². The summed E-state index contributed by atoms with van der Waals surface area (Å²) in [5.41, 5.74) is 2.90. The zero-order valence-corrected chi connectivity index (χ0v) is 17.4. The number of para-hydroxylation sites is 2. The molecule has 0 aromatic heterocycles. The third kappa shape index (κ3) is 4.40. The van der Waals surface area contributed by atoms with Crippen LogP contribution in [0.25, 0.3) is 0 Å². The zero-order valence-electron chi connectivity index (χ0n) is 17.4. The summed E-state index contributed by atoms with van der Waals surface area (Å²) in [7, 11) is 0. The summed E-state index contributed by atoms with van der Waals surface area (Å²) in [4.78, 5) is 17.6. The first-order chi connectivity index (χ1) is 15.3. The van der Waals surface area contributed by atoms with Crippen LogP contribution in [0.5, 0.6) is 11.5 Å². The minimum Gasteiger partial charge on any atom is -0.485 e. The highest BCUT2D eigenvalue weighted by molar-refractivity contribution is 5.98. The molecular formula is C23H27N3O5. The van der Waals surface area contributed by atoms with Crippen LogP contribution < -0.4 is 24.6 Å². The number of nitrogens with zero attached hydrogens (tertiary/aromatic N) is 2. The lowest BCUT2D eigenvalue weighted by Crippen LogP contribution is -2.41. The summed E-state index contributed by atoms with van der Waals surface area (Å²) in [5, 5.41) is 3.07. The van der Waals surface area contributed by atoms with Gasteiger partial charge in [0.05, 0.1) is 37.8 Å². The summed E-state index contributed by atoms with van der Waals surface area (Å²) in [6, 6.07) is 13.6. The molecule has 2 aromatic rings. The van der Waals surface area contributed by atoms with Crippen LogP contribution in [0.3, 0.4) is 0 Å².